The molecule has 0 spiro atoms. The summed E-state index contributed by atoms with van der Waals surface area (Å²) in [5.74, 6) is 0.719. The second-order valence-electron chi connectivity index (χ2n) is 4.34. The van der Waals surface area contributed by atoms with E-state index < -0.39 is 12.7 Å². The lowest BCUT2D eigenvalue weighted by Crippen LogP contribution is -2.49. The second-order valence-corrected chi connectivity index (χ2v) is 5.63. The number of anilines is 1. The van der Waals surface area contributed by atoms with Gasteiger partial charge in [-0.05, 0) is 22.0 Å². The van der Waals surface area contributed by atoms with E-state index in [1.165, 1.54) is 11.1 Å². The third-order valence-corrected chi connectivity index (χ3v) is 3.65. The van der Waals surface area contributed by atoms with E-state index in [0.29, 0.717) is 31.2 Å². The summed E-state index contributed by atoms with van der Waals surface area (Å²) in [6.07, 6.45) is -2.61. The van der Waals surface area contributed by atoms with Crippen molar-refractivity contribution in [2.75, 3.05) is 37.6 Å². The van der Waals surface area contributed by atoms with Crippen LogP contribution in [0.2, 0.25) is 5.02 Å². The Kier molecular flexibility index (Phi) is 4.58. The topological polar surface area (TPSA) is 19.4 Å². The van der Waals surface area contributed by atoms with Crippen molar-refractivity contribution in [2.24, 2.45) is 0 Å². The summed E-state index contributed by atoms with van der Waals surface area (Å²) < 4.78 is 37.6. The van der Waals surface area contributed by atoms with Gasteiger partial charge in [0, 0.05) is 32.4 Å². The molecule has 1 aromatic heterocycles. The Morgan fingerprint density at radius 2 is 1.89 bits per heavy atom. The lowest BCUT2D eigenvalue weighted by molar-refractivity contribution is -0.146. The number of hydrogen-bond donors (Lipinski definition) is 0. The summed E-state index contributed by atoms with van der Waals surface area (Å²) in [7, 11) is 0. The van der Waals surface area contributed by atoms with Gasteiger partial charge < -0.3 is 4.90 Å². The highest BCUT2D eigenvalue weighted by atomic mass is 79.9. The zero-order valence-corrected chi connectivity index (χ0v) is 12.3. The number of alkyl halides is 3. The molecular formula is C11H12BrClF3N3. The van der Waals surface area contributed by atoms with Crippen molar-refractivity contribution in [1.29, 1.82) is 0 Å². The highest BCUT2D eigenvalue weighted by Gasteiger charge is 2.32. The number of piperazine rings is 1. The SMILES string of the molecule is FC(F)(F)CN1CCN(c2ncc(Cl)cc2Br)CC1. The first-order chi connectivity index (χ1) is 8.85. The van der Waals surface area contributed by atoms with Crippen LogP contribution in [0.1, 0.15) is 0 Å². The largest absolute Gasteiger partial charge is 0.401 e. The fourth-order valence-corrected chi connectivity index (χ4v) is 2.90. The van der Waals surface area contributed by atoms with Gasteiger partial charge in [0.1, 0.15) is 5.82 Å². The van der Waals surface area contributed by atoms with Crippen LogP contribution in [0.3, 0.4) is 0 Å². The molecule has 0 N–H and O–H groups in total. The molecule has 0 bridgehead atoms. The minimum Gasteiger partial charge on any atom is -0.353 e. The fraction of sp³-hybridized carbons (Fsp3) is 0.545. The van der Waals surface area contributed by atoms with Gasteiger partial charge in [-0.2, -0.15) is 13.2 Å². The Hall–Kier alpha value is -0.530. The van der Waals surface area contributed by atoms with E-state index in [9.17, 15) is 13.2 Å². The molecule has 0 amide bonds. The van der Waals surface area contributed by atoms with Gasteiger partial charge in [0.2, 0.25) is 0 Å². The third-order valence-electron chi connectivity index (χ3n) is 2.86. The van der Waals surface area contributed by atoms with Crippen molar-refractivity contribution < 1.29 is 13.2 Å². The van der Waals surface area contributed by atoms with Gasteiger partial charge in [-0.3, -0.25) is 4.90 Å². The summed E-state index contributed by atoms with van der Waals surface area (Å²) in [5, 5.41) is 0.520. The number of nitrogens with zero attached hydrogens (tertiary/aromatic N) is 3. The highest BCUT2D eigenvalue weighted by molar-refractivity contribution is 9.10. The molecule has 1 aliphatic heterocycles. The molecule has 19 heavy (non-hydrogen) atoms. The fourth-order valence-electron chi connectivity index (χ4n) is 2.01. The molecule has 0 unspecified atom stereocenters. The number of pyridine rings is 1. The number of hydrogen-bond acceptors (Lipinski definition) is 3. The van der Waals surface area contributed by atoms with E-state index >= 15 is 0 Å². The van der Waals surface area contributed by atoms with Gasteiger partial charge in [-0.1, -0.05) is 11.6 Å². The molecule has 106 valence electrons. The van der Waals surface area contributed by atoms with Gasteiger partial charge in [0.25, 0.3) is 0 Å². The van der Waals surface area contributed by atoms with Crippen LogP contribution in [-0.4, -0.2) is 48.8 Å². The molecule has 0 atom stereocenters. The average Bonchev–Trinajstić information content (AvgIpc) is 2.28. The maximum atomic E-state index is 12.3. The molecule has 1 fully saturated rings. The van der Waals surface area contributed by atoms with Gasteiger partial charge in [-0.15, -0.1) is 0 Å². The van der Waals surface area contributed by atoms with Gasteiger partial charge >= 0.3 is 6.18 Å². The van der Waals surface area contributed by atoms with E-state index in [1.54, 1.807) is 6.07 Å². The zero-order chi connectivity index (χ0) is 14.0. The third kappa shape index (κ3) is 4.22. The van der Waals surface area contributed by atoms with Crippen LogP contribution in [0.5, 0.6) is 0 Å². The molecule has 8 heteroatoms. The van der Waals surface area contributed by atoms with Crippen LogP contribution in [0.25, 0.3) is 0 Å². The Balaban J connectivity index is 1.96. The van der Waals surface area contributed by atoms with Crippen LogP contribution in [0.4, 0.5) is 19.0 Å². The number of rotatable bonds is 2. The van der Waals surface area contributed by atoms with Crippen molar-refractivity contribution in [3.63, 3.8) is 0 Å². The number of halogens is 5. The van der Waals surface area contributed by atoms with Crippen molar-refractivity contribution >= 4 is 33.3 Å². The summed E-state index contributed by atoms with van der Waals surface area (Å²) in [4.78, 5) is 7.56. The first kappa shape index (κ1) is 14.9. The second kappa shape index (κ2) is 5.85. The smallest absolute Gasteiger partial charge is 0.353 e. The first-order valence-electron chi connectivity index (χ1n) is 5.70. The Morgan fingerprint density at radius 1 is 1.26 bits per heavy atom. The maximum Gasteiger partial charge on any atom is 0.401 e. The Bertz CT molecular complexity index is 447. The standard InChI is InChI=1S/C11H12BrClF3N3/c12-9-5-8(13)6-17-10(9)19-3-1-18(2-4-19)7-11(14,15)16/h5-6H,1-4,7H2. The molecule has 1 saturated heterocycles. The lowest BCUT2D eigenvalue weighted by atomic mass is 10.3. The minimum absolute atomic E-state index is 0.371. The van der Waals surface area contributed by atoms with Crippen molar-refractivity contribution in [1.82, 2.24) is 9.88 Å². The van der Waals surface area contributed by atoms with E-state index in [0.717, 1.165) is 10.3 Å². The predicted octanol–water partition coefficient (Wildman–Crippen LogP) is 3.18. The predicted molar refractivity (Wildman–Crippen MR) is 71.7 cm³/mol. The summed E-state index contributed by atoms with van der Waals surface area (Å²) in [6.45, 7) is 0.926. The summed E-state index contributed by atoms with van der Waals surface area (Å²) >= 11 is 9.17. The highest BCUT2D eigenvalue weighted by Crippen LogP contribution is 2.27. The quantitative estimate of drug-likeness (QED) is 0.809. The van der Waals surface area contributed by atoms with Crippen LogP contribution >= 0.6 is 27.5 Å². The molecule has 2 heterocycles. The van der Waals surface area contributed by atoms with Gasteiger partial charge in [0.15, 0.2) is 0 Å². The normalized spacial score (nSPS) is 17.8. The molecule has 1 aromatic rings. The van der Waals surface area contributed by atoms with Crippen LogP contribution < -0.4 is 4.90 Å². The van der Waals surface area contributed by atoms with Gasteiger partial charge in [0.05, 0.1) is 16.0 Å². The molecule has 0 radical (unpaired) electrons. The Morgan fingerprint density at radius 3 is 2.42 bits per heavy atom. The maximum absolute atomic E-state index is 12.3. The molecule has 1 aliphatic rings. The summed E-state index contributed by atoms with van der Waals surface area (Å²) in [5.41, 5.74) is 0. The van der Waals surface area contributed by atoms with E-state index in [1.807, 2.05) is 4.90 Å². The Labute approximate surface area is 122 Å². The zero-order valence-electron chi connectivity index (χ0n) is 9.92. The molecule has 0 aromatic carbocycles. The van der Waals surface area contributed by atoms with E-state index in [-0.39, 0.29) is 0 Å². The van der Waals surface area contributed by atoms with Crippen LogP contribution in [0, 0.1) is 0 Å². The summed E-state index contributed by atoms with van der Waals surface area (Å²) in [6, 6.07) is 1.73. The van der Waals surface area contributed by atoms with Crippen molar-refractivity contribution in [3.05, 3.63) is 21.8 Å². The van der Waals surface area contributed by atoms with Crippen molar-refractivity contribution in [2.45, 2.75) is 6.18 Å². The number of aromatic nitrogens is 1. The van der Waals surface area contributed by atoms with Gasteiger partial charge in [-0.25, -0.2) is 4.98 Å². The average molecular weight is 359 g/mol. The van der Waals surface area contributed by atoms with E-state index in [2.05, 4.69) is 20.9 Å². The molecule has 0 aliphatic carbocycles. The lowest BCUT2D eigenvalue weighted by Gasteiger charge is -2.36. The molecule has 0 saturated carbocycles. The molecular weight excluding hydrogens is 346 g/mol. The van der Waals surface area contributed by atoms with Crippen LogP contribution in [-0.2, 0) is 0 Å². The van der Waals surface area contributed by atoms with Crippen molar-refractivity contribution in [3.8, 4) is 0 Å². The first-order valence-corrected chi connectivity index (χ1v) is 6.87. The molecule has 2 rings (SSSR count). The van der Waals surface area contributed by atoms with Crippen LogP contribution in [0.15, 0.2) is 16.7 Å². The van der Waals surface area contributed by atoms with E-state index in [4.69, 9.17) is 11.6 Å². The molecule has 3 nitrogen and oxygen atoms in total. The minimum atomic E-state index is -4.14. The monoisotopic (exact) mass is 357 g/mol.